The molecule has 1 aliphatic heterocycles. The quantitative estimate of drug-likeness (QED) is 0.871. The Bertz CT molecular complexity index is 666. The van der Waals surface area contributed by atoms with Gasteiger partial charge in [-0.05, 0) is 12.5 Å². The second kappa shape index (κ2) is 8.37. The third-order valence-electron chi connectivity index (χ3n) is 4.06. The van der Waals surface area contributed by atoms with Gasteiger partial charge in [-0.25, -0.2) is 4.98 Å². The van der Waals surface area contributed by atoms with E-state index >= 15 is 0 Å². The first kappa shape index (κ1) is 17.1. The zero-order valence-electron chi connectivity index (χ0n) is 14.0. The van der Waals surface area contributed by atoms with Crippen LogP contribution in [0.5, 0.6) is 0 Å². The van der Waals surface area contributed by atoms with Gasteiger partial charge in [0.05, 0.1) is 23.9 Å². The summed E-state index contributed by atoms with van der Waals surface area (Å²) in [6.45, 7) is 6.87. The van der Waals surface area contributed by atoms with E-state index in [0.717, 1.165) is 54.8 Å². The predicted molar refractivity (Wildman–Crippen MR) is 95.7 cm³/mol. The third-order valence-corrected chi connectivity index (χ3v) is 5.22. The fourth-order valence-corrected chi connectivity index (χ4v) is 3.76. The van der Waals surface area contributed by atoms with Gasteiger partial charge in [-0.1, -0.05) is 30.3 Å². The van der Waals surface area contributed by atoms with Gasteiger partial charge in [0.25, 0.3) is 5.91 Å². The minimum Gasteiger partial charge on any atom is -0.379 e. The van der Waals surface area contributed by atoms with Gasteiger partial charge in [-0.15, -0.1) is 11.3 Å². The second-order valence-corrected chi connectivity index (χ2v) is 6.98. The molecule has 1 aliphatic rings. The summed E-state index contributed by atoms with van der Waals surface area (Å²) in [4.78, 5) is 20.0. The molecule has 0 radical (unpaired) electrons. The van der Waals surface area contributed by atoms with Gasteiger partial charge in [-0.2, -0.15) is 0 Å². The van der Waals surface area contributed by atoms with E-state index in [4.69, 9.17) is 4.74 Å². The number of aryl methyl sites for hydroxylation is 1. The van der Waals surface area contributed by atoms with Crippen LogP contribution in [0.4, 0.5) is 0 Å². The van der Waals surface area contributed by atoms with Gasteiger partial charge < -0.3 is 10.1 Å². The highest BCUT2D eigenvalue weighted by Crippen LogP contribution is 2.20. The first-order chi connectivity index (χ1) is 11.7. The number of rotatable bonds is 6. The van der Waals surface area contributed by atoms with Crippen molar-refractivity contribution in [1.29, 1.82) is 0 Å². The molecular formula is C18H23N3O2S. The molecule has 0 bridgehead atoms. The number of nitrogens with one attached hydrogen (secondary N) is 1. The van der Waals surface area contributed by atoms with Crippen LogP contribution < -0.4 is 5.32 Å². The van der Waals surface area contributed by atoms with Crippen LogP contribution in [0, 0.1) is 6.92 Å². The summed E-state index contributed by atoms with van der Waals surface area (Å²) < 4.78 is 5.33. The van der Waals surface area contributed by atoms with E-state index < -0.39 is 0 Å². The molecule has 2 heterocycles. The van der Waals surface area contributed by atoms with Gasteiger partial charge in [0, 0.05) is 32.6 Å². The molecule has 0 saturated carbocycles. The Morgan fingerprint density at radius 2 is 2.04 bits per heavy atom. The highest BCUT2D eigenvalue weighted by Gasteiger charge is 2.16. The van der Waals surface area contributed by atoms with Crippen molar-refractivity contribution in [2.75, 3.05) is 39.4 Å². The lowest BCUT2D eigenvalue weighted by Gasteiger charge is -2.26. The molecule has 1 aromatic heterocycles. The molecule has 24 heavy (non-hydrogen) atoms. The van der Waals surface area contributed by atoms with Crippen LogP contribution in [0.2, 0.25) is 0 Å². The Hall–Kier alpha value is -1.76. The molecule has 0 spiro atoms. The van der Waals surface area contributed by atoms with E-state index in [0.29, 0.717) is 6.54 Å². The summed E-state index contributed by atoms with van der Waals surface area (Å²) in [5.41, 5.74) is 2.03. The average Bonchev–Trinajstić information content (AvgIpc) is 2.97. The highest BCUT2D eigenvalue weighted by atomic mass is 32.1. The molecular weight excluding hydrogens is 322 g/mol. The summed E-state index contributed by atoms with van der Waals surface area (Å²) in [5, 5.41) is 4.00. The monoisotopic (exact) mass is 345 g/mol. The number of thiazole rings is 1. The van der Waals surface area contributed by atoms with Crippen LogP contribution in [0.15, 0.2) is 30.3 Å². The average molecular weight is 345 g/mol. The van der Waals surface area contributed by atoms with Crippen molar-refractivity contribution in [3.63, 3.8) is 0 Å². The van der Waals surface area contributed by atoms with Crippen LogP contribution in [0.1, 0.15) is 25.9 Å². The largest absolute Gasteiger partial charge is 0.379 e. The number of benzene rings is 1. The van der Waals surface area contributed by atoms with Gasteiger partial charge >= 0.3 is 0 Å². The fraction of sp³-hybridized carbons (Fsp3) is 0.444. The molecule has 5 nitrogen and oxygen atoms in total. The zero-order chi connectivity index (χ0) is 16.8. The first-order valence-electron chi connectivity index (χ1n) is 8.31. The molecule has 2 aromatic rings. The standard InChI is InChI=1S/C18H23N3O2S/c1-14-17(18(22)19-7-8-21-9-11-23-12-10-21)24-16(20-14)13-15-5-3-2-4-6-15/h2-6H,7-13H2,1H3,(H,19,22). The number of aromatic nitrogens is 1. The molecule has 0 aliphatic carbocycles. The van der Waals surface area contributed by atoms with Crippen molar-refractivity contribution in [2.24, 2.45) is 0 Å². The number of ether oxygens (including phenoxy) is 1. The SMILES string of the molecule is Cc1nc(Cc2ccccc2)sc1C(=O)NCCN1CCOCC1. The number of hydrogen-bond acceptors (Lipinski definition) is 5. The van der Waals surface area contributed by atoms with Crippen molar-refractivity contribution in [1.82, 2.24) is 15.2 Å². The zero-order valence-corrected chi connectivity index (χ0v) is 14.8. The number of carbonyl (C=O) groups is 1. The van der Waals surface area contributed by atoms with Gasteiger partial charge in [0.2, 0.25) is 0 Å². The van der Waals surface area contributed by atoms with Gasteiger partial charge in [0.15, 0.2) is 0 Å². The molecule has 0 atom stereocenters. The minimum absolute atomic E-state index is 0.0161. The summed E-state index contributed by atoms with van der Waals surface area (Å²) in [5.74, 6) is -0.0161. The number of hydrogen-bond donors (Lipinski definition) is 1. The van der Waals surface area contributed by atoms with E-state index in [-0.39, 0.29) is 5.91 Å². The van der Waals surface area contributed by atoms with Crippen LogP contribution in [-0.4, -0.2) is 55.2 Å². The number of amides is 1. The van der Waals surface area contributed by atoms with E-state index in [2.05, 4.69) is 27.3 Å². The normalized spacial score (nSPS) is 15.4. The second-order valence-electron chi connectivity index (χ2n) is 5.89. The molecule has 128 valence electrons. The number of morpholine rings is 1. The van der Waals surface area contributed by atoms with Crippen LogP contribution in [-0.2, 0) is 11.2 Å². The van der Waals surface area contributed by atoms with Crippen molar-refractivity contribution >= 4 is 17.2 Å². The molecule has 1 fully saturated rings. The fourth-order valence-electron chi connectivity index (χ4n) is 2.74. The lowest BCUT2D eigenvalue weighted by molar-refractivity contribution is 0.0383. The molecule has 0 unspecified atom stereocenters. The first-order valence-corrected chi connectivity index (χ1v) is 9.12. The van der Waals surface area contributed by atoms with Crippen LogP contribution in [0.3, 0.4) is 0 Å². The van der Waals surface area contributed by atoms with E-state index in [1.165, 1.54) is 16.9 Å². The lowest BCUT2D eigenvalue weighted by Crippen LogP contribution is -2.41. The lowest BCUT2D eigenvalue weighted by atomic mass is 10.2. The van der Waals surface area contributed by atoms with Crippen LogP contribution in [0.25, 0.3) is 0 Å². The predicted octanol–water partition coefficient (Wildman–Crippen LogP) is 2.10. The van der Waals surface area contributed by atoms with Crippen molar-refractivity contribution in [3.05, 3.63) is 51.5 Å². The molecule has 1 aromatic carbocycles. The molecule has 6 heteroatoms. The van der Waals surface area contributed by atoms with E-state index in [1.54, 1.807) is 0 Å². The maximum absolute atomic E-state index is 12.4. The Labute approximate surface area is 146 Å². The molecule has 1 N–H and O–H groups in total. The Kier molecular flexibility index (Phi) is 5.96. The van der Waals surface area contributed by atoms with Crippen LogP contribution >= 0.6 is 11.3 Å². The number of carbonyl (C=O) groups excluding carboxylic acids is 1. The minimum atomic E-state index is -0.0161. The summed E-state index contributed by atoms with van der Waals surface area (Å²) >= 11 is 1.49. The number of nitrogens with zero attached hydrogens (tertiary/aromatic N) is 2. The molecule has 1 amide bonds. The van der Waals surface area contributed by atoms with Crippen molar-refractivity contribution in [2.45, 2.75) is 13.3 Å². The van der Waals surface area contributed by atoms with Crippen molar-refractivity contribution < 1.29 is 9.53 Å². The Morgan fingerprint density at radius 3 is 2.79 bits per heavy atom. The van der Waals surface area contributed by atoms with Gasteiger partial charge in [0.1, 0.15) is 4.88 Å². The molecule has 1 saturated heterocycles. The summed E-state index contributed by atoms with van der Waals surface area (Å²) in [6, 6.07) is 10.2. The highest BCUT2D eigenvalue weighted by molar-refractivity contribution is 7.13. The topological polar surface area (TPSA) is 54.5 Å². The maximum Gasteiger partial charge on any atom is 0.263 e. The Balaban J connectivity index is 1.53. The summed E-state index contributed by atoms with van der Waals surface area (Å²) in [7, 11) is 0. The van der Waals surface area contributed by atoms with Gasteiger partial charge in [-0.3, -0.25) is 9.69 Å². The Morgan fingerprint density at radius 1 is 1.29 bits per heavy atom. The van der Waals surface area contributed by atoms with E-state index in [1.807, 2.05) is 25.1 Å². The van der Waals surface area contributed by atoms with E-state index in [9.17, 15) is 4.79 Å². The molecule has 3 rings (SSSR count). The summed E-state index contributed by atoms with van der Waals surface area (Å²) in [6.07, 6.45) is 0.771. The maximum atomic E-state index is 12.4. The smallest absolute Gasteiger partial charge is 0.263 e. The third kappa shape index (κ3) is 4.63. The van der Waals surface area contributed by atoms with Crippen molar-refractivity contribution in [3.8, 4) is 0 Å².